The second-order valence-corrected chi connectivity index (χ2v) is 6.27. The van der Waals surface area contributed by atoms with Crippen molar-refractivity contribution in [2.75, 3.05) is 26.7 Å². The summed E-state index contributed by atoms with van der Waals surface area (Å²) in [5.74, 6) is 0.132. The molecule has 1 atom stereocenters. The summed E-state index contributed by atoms with van der Waals surface area (Å²) in [4.78, 5) is 14.0. The summed E-state index contributed by atoms with van der Waals surface area (Å²) in [6.45, 7) is 2.48. The van der Waals surface area contributed by atoms with Crippen LogP contribution in [0.15, 0.2) is 28.7 Å². The lowest BCUT2D eigenvalue weighted by Gasteiger charge is -2.32. The summed E-state index contributed by atoms with van der Waals surface area (Å²) in [6.07, 6.45) is 5.18. The lowest BCUT2D eigenvalue weighted by atomic mass is 9.98. The SMILES string of the molecule is CNCC1CCCN(C(=O)C=Cc2cc(Br)ccc2F)C1. The van der Waals surface area contributed by atoms with Gasteiger partial charge in [0.1, 0.15) is 5.82 Å². The van der Waals surface area contributed by atoms with Crippen molar-refractivity contribution in [1.29, 1.82) is 0 Å². The molecule has 1 amide bonds. The minimum atomic E-state index is -0.325. The molecule has 1 aromatic rings. The van der Waals surface area contributed by atoms with Crippen molar-refractivity contribution in [3.05, 3.63) is 40.1 Å². The van der Waals surface area contributed by atoms with E-state index in [-0.39, 0.29) is 11.7 Å². The number of carbonyl (C=O) groups is 1. The Balaban J connectivity index is 2.00. The molecule has 1 unspecified atom stereocenters. The molecule has 1 heterocycles. The number of benzene rings is 1. The summed E-state index contributed by atoms with van der Waals surface area (Å²) in [6, 6.07) is 4.69. The molecular formula is C16H20BrFN2O. The maximum Gasteiger partial charge on any atom is 0.246 e. The van der Waals surface area contributed by atoms with Crippen molar-refractivity contribution in [1.82, 2.24) is 10.2 Å². The van der Waals surface area contributed by atoms with Crippen LogP contribution < -0.4 is 5.32 Å². The molecule has 21 heavy (non-hydrogen) atoms. The van der Waals surface area contributed by atoms with Gasteiger partial charge in [0.15, 0.2) is 0 Å². The fourth-order valence-electron chi connectivity index (χ4n) is 2.63. The number of rotatable bonds is 4. The number of nitrogens with zero attached hydrogens (tertiary/aromatic N) is 1. The molecule has 0 aromatic heterocycles. The van der Waals surface area contributed by atoms with Crippen LogP contribution >= 0.6 is 15.9 Å². The molecule has 1 saturated heterocycles. The molecule has 0 bridgehead atoms. The first-order valence-electron chi connectivity index (χ1n) is 7.17. The van der Waals surface area contributed by atoms with Gasteiger partial charge in [-0.1, -0.05) is 15.9 Å². The predicted octanol–water partition coefficient (Wildman–Crippen LogP) is 3.06. The van der Waals surface area contributed by atoms with Crippen molar-refractivity contribution in [2.24, 2.45) is 5.92 Å². The third-order valence-corrected chi connectivity index (χ3v) is 4.18. The van der Waals surface area contributed by atoms with Crippen molar-refractivity contribution in [3.8, 4) is 0 Å². The third-order valence-electron chi connectivity index (χ3n) is 3.69. The molecule has 0 saturated carbocycles. The molecule has 5 heteroatoms. The van der Waals surface area contributed by atoms with Gasteiger partial charge in [-0.05, 0) is 56.6 Å². The van der Waals surface area contributed by atoms with E-state index < -0.39 is 0 Å². The van der Waals surface area contributed by atoms with Gasteiger partial charge in [-0.25, -0.2) is 4.39 Å². The molecule has 0 spiro atoms. The first-order valence-corrected chi connectivity index (χ1v) is 7.96. The van der Waals surface area contributed by atoms with E-state index >= 15 is 0 Å². The number of nitrogens with one attached hydrogen (secondary N) is 1. The van der Waals surface area contributed by atoms with Gasteiger partial charge in [-0.15, -0.1) is 0 Å². The van der Waals surface area contributed by atoms with Crippen LogP contribution in [0.2, 0.25) is 0 Å². The van der Waals surface area contributed by atoms with Gasteiger partial charge >= 0.3 is 0 Å². The van der Waals surface area contributed by atoms with Gasteiger partial charge in [-0.2, -0.15) is 0 Å². The standard InChI is InChI=1S/C16H20BrFN2O/c1-19-10-12-3-2-8-20(11-12)16(21)7-4-13-9-14(17)5-6-15(13)18/h4-7,9,12,19H,2-3,8,10-11H2,1H3. The van der Waals surface area contributed by atoms with Crippen molar-refractivity contribution >= 4 is 27.9 Å². The highest BCUT2D eigenvalue weighted by atomic mass is 79.9. The number of piperidine rings is 1. The maximum absolute atomic E-state index is 13.6. The summed E-state index contributed by atoms with van der Waals surface area (Å²) in [5.41, 5.74) is 0.418. The van der Waals surface area contributed by atoms with Crippen LogP contribution in [0.4, 0.5) is 4.39 Å². The van der Waals surface area contributed by atoms with Gasteiger partial charge in [0.25, 0.3) is 0 Å². The highest BCUT2D eigenvalue weighted by Crippen LogP contribution is 2.18. The monoisotopic (exact) mass is 354 g/mol. The van der Waals surface area contributed by atoms with Gasteiger partial charge in [0.05, 0.1) is 0 Å². The minimum Gasteiger partial charge on any atom is -0.339 e. The van der Waals surface area contributed by atoms with Gasteiger partial charge in [-0.3, -0.25) is 4.79 Å². The Morgan fingerprint density at radius 1 is 1.57 bits per heavy atom. The summed E-state index contributed by atoms with van der Waals surface area (Å²) < 4.78 is 14.4. The van der Waals surface area contributed by atoms with E-state index in [4.69, 9.17) is 0 Å². The summed E-state index contributed by atoms with van der Waals surface area (Å²) in [5, 5.41) is 3.16. The molecule has 114 valence electrons. The Hall–Kier alpha value is -1.20. The quantitative estimate of drug-likeness (QED) is 0.842. The van der Waals surface area contributed by atoms with Gasteiger partial charge < -0.3 is 10.2 Å². The number of amides is 1. The number of hydrogen-bond donors (Lipinski definition) is 1. The van der Waals surface area contributed by atoms with Crippen molar-refractivity contribution in [3.63, 3.8) is 0 Å². The number of halogens is 2. The highest BCUT2D eigenvalue weighted by Gasteiger charge is 2.21. The smallest absolute Gasteiger partial charge is 0.246 e. The summed E-state index contributed by atoms with van der Waals surface area (Å²) in [7, 11) is 1.93. The fourth-order valence-corrected chi connectivity index (χ4v) is 3.01. The minimum absolute atomic E-state index is 0.0461. The Morgan fingerprint density at radius 3 is 3.14 bits per heavy atom. The van der Waals surface area contributed by atoms with Crippen molar-refractivity contribution in [2.45, 2.75) is 12.8 Å². The Kier molecular flexibility index (Phi) is 5.94. The molecular weight excluding hydrogens is 335 g/mol. The third kappa shape index (κ3) is 4.64. The average Bonchev–Trinajstić information content (AvgIpc) is 2.48. The van der Waals surface area contributed by atoms with E-state index in [1.54, 1.807) is 18.2 Å². The van der Waals surface area contributed by atoms with Crippen LogP contribution in [0.1, 0.15) is 18.4 Å². The lowest BCUT2D eigenvalue weighted by Crippen LogP contribution is -2.41. The number of likely N-dealkylation sites (tertiary alicyclic amines) is 1. The molecule has 1 aromatic carbocycles. The van der Waals surface area contributed by atoms with Gasteiger partial charge in [0.2, 0.25) is 5.91 Å². The van der Waals surface area contributed by atoms with E-state index in [1.165, 1.54) is 12.1 Å². The van der Waals surface area contributed by atoms with Crippen LogP contribution in [0.25, 0.3) is 6.08 Å². The first kappa shape index (κ1) is 16.2. The van der Waals surface area contributed by atoms with E-state index in [2.05, 4.69) is 21.2 Å². The Morgan fingerprint density at radius 2 is 2.38 bits per heavy atom. The summed E-state index contributed by atoms with van der Waals surface area (Å²) >= 11 is 3.30. The molecule has 2 rings (SSSR count). The fraction of sp³-hybridized carbons (Fsp3) is 0.438. The molecule has 1 aliphatic heterocycles. The Labute approximate surface area is 133 Å². The normalized spacial score (nSPS) is 19.2. The van der Waals surface area contributed by atoms with Crippen molar-refractivity contribution < 1.29 is 9.18 Å². The van der Waals surface area contributed by atoms with E-state index in [1.807, 2.05) is 11.9 Å². The highest BCUT2D eigenvalue weighted by molar-refractivity contribution is 9.10. The number of carbonyl (C=O) groups excluding carboxylic acids is 1. The largest absolute Gasteiger partial charge is 0.339 e. The van der Waals surface area contributed by atoms with Crippen LogP contribution in [0.5, 0.6) is 0 Å². The lowest BCUT2D eigenvalue weighted by molar-refractivity contribution is -0.127. The van der Waals surface area contributed by atoms with E-state index in [0.29, 0.717) is 11.5 Å². The van der Waals surface area contributed by atoms with E-state index in [9.17, 15) is 9.18 Å². The first-order chi connectivity index (χ1) is 10.1. The van der Waals surface area contributed by atoms with Crippen LogP contribution in [-0.2, 0) is 4.79 Å². The topological polar surface area (TPSA) is 32.3 Å². The second-order valence-electron chi connectivity index (χ2n) is 5.35. The predicted molar refractivity (Wildman–Crippen MR) is 86.4 cm³/mol. The van der Waals surface area contributed by atoms with Gasteiger partial charge in [0, 0.05) is 29.2 Å². The molecule has 3 nitrogen and oxygen atoms in total. The van der Waals surface area contributed by atoms with Crippen LogP contribution in [0.3, 0.4) is 0 Å². The number of hydrogen-bond acceptors (Lipinski definition) is 2. The van der Waals surface area contributed by atoms with E-state index in [0.717, 1.165) is 36.9 Å². The zero-order chi connectivity index (χ0) is 15.2. The second kappa shape index (κ2) is 7.71. The average molecular weight is 355 g/mol. The molecule has 1 fully saturated rings. The molecule has 0 aliphatic carbocycles. The van der Waals surface area contributed by atoms with Crippen LogP contribution in [-0.4, -0.2) is 37.5 Å². The molecule has 1 N–H and O–H groups in total. The Bertz CT molecular complexity index is 531. The molecule has 0 radical (unpaired) electrons. The maximum atomic E-state index is 13.6. The molecule has 1 aliphatic rings. The zero-order valence-electron chi connectivity index (χ0n) is 12.1. The zero-order valence-corrected chi connectivity index (χ0v) is 13.7. The van der Waals surface area contributed by atoms with Crippen LogP contribution in [0, 0.1) is 11.7 Å².